The first-order valence-corrected chi connectivity index (χ1v) is 6.40. The van der Waals surface area contributed by atoms with Crippen LogP contribution in [0.25, 0.3) is 0 Å². The van der Waals surface area contributed by atoms with E-state index in [-0.39, 0.29) is 24.4 Å². The third-order valence-electron chi connectivity index (χ3n) is 3.48. The van der Waals surface area contributed by atoms with E-state index in [1.807, 2.05) is 40.1 Å². The Morgan fingerprint density at radius 3 is 2.53 bits per heavy atom. The first kappa shape index (κ1) is 13.5. The number of hydrogen-bond acceptors (Lipinski definition) is 3. The molecule has 1 heterocycles. The first-order chi connectivity index (χ1) is 9.08. The van der Waals surface area contributed by atoms with Gasteiger partial charge in [0.2, 0.25) is 11.8 Å². The number of rotatable bonds is 3. The van der Waals surface area contributed by atoms with E-state index >= 15 is 0 Å². The summed E-state index contributed by atoms with van der Waals surface area (Å²) in [6.45, 7) is 3.72. The van der Waals surface area contributed by atoms with Crippen molar-refractivity contribution in [2.24, 2.45) is 5.73 Å². The van der Waals surface area contributed by atoms with Crippen molar-refractivity contribution in [3.8, 4) is 0 Å². The monoisotopic (exact) mass is 261 g/mol. The fraction of sp³-hybridized carbons (Fsp3) is 0.429. The molecule has 0 unspecified atom stereocenters. The van der Waals surface area contributed by atoms with Crippen molar-refractivity contribution in [3.05, 3.63) is 35.9 Å². The molecule has 0 spiro atoms. The summed E-state index contributed by atoms with van der Waals surface area (Å²) in [5.41, 5.74) is 6.40. The smallest absolute Gasteiger partial charge is 0.231 e. The van der Waals surface area contributed by atoms with Crippen LogP contribution in [0.15, 0.2) is 30.3 Å². The Kier molecular flexibility index (Phi) is 4.16. The Hall–Kier alpha value is -1.88. The molecular weight excluding hydrogens is 242 g/mol. The Bertz CT molecular complexity index is 461. The topological polar surface area (TPSA) is 66.6 Å². The molecule has 0 radical (unpaired) electrons. The fourth-order valence-electron chi connectivity index (χ4n) is 2.49. The molecule has 19 heavy (non-hydrogen) atoms. The van der Waals surface area contributed by atoms with E-state index in [4.69, 9.17) is 5.73 Å². The number of piperazine rings is 1. The lowest BCUT2D eigenvalue weighted by molar-refractivity contribution is -0.132. The number of benzene rings is 1. The molecule has 2 N–H and O–H groups in total. The normalized spacial score (nSPS) is 20.3. The van der Waals surface area contributed by atoms with Crippen LogP contribution in [-0.4, -0.2) is 47.8 Å². The SMILES string of the molecule is CC(=O)N1CCN(CC(N)=O)[C@H](c2ccccc2)C1. The molecule has 102 valence electrons. The quantitative estimate of drug-likeness (QED) is 0.855. The van der Waals surface area contributed by atoms with Crippen molar-refractivity contribution in [2.45, 2.75) is 13.0 Å². The van der Waals surface area contributed by atoms with Crippen molar-refractivity contribution in [1.29, 1.82) is 0 Å². The van der Waals surface area contributed by atoms with E-state index in [2.05, 4.69) is 0 Å². The summed E-state index contributed by atoms with van der Waals surface area (Å²) in [6, 6.07) is 9.94. The summed E-state index contributed by atoms with van der Waals surface area (Å²) in [4.78, 5) is 26.5. The molecule has 1 fully saturated rings. The van der Waals surface area contributed by atoms with Crippen LogP contribution in [0, 0.1) is 0 Å². The molecule has 1 aliphatic rings. The minimum absolute atomic E-state index is 0.0337. The van der Waals surface area contributed by atoms with Crippen LogP contribution in [0.2, 0.25) is 0 Å². The highest BCUT2D eigenvalue weighted by Gasteiger charge is 2.29. The lowest BCUT2D eigenvalue weighted by Gasteiger charge is -2.40. The van der Waals surface area contributed by atoms with Gasteiger partial charge in [-0.25, -0.2) is 0 Å². The van der Waals surface area contributed by atoms with E-state index in [0.29, 0.717) is 19.6 Å². The van der Waals surface area contributed by atoms with Crippen molar-refractivity contribution in [3.63, 3.8) is 0 Å². The van der Waals surface area contributed by atoms with Crippen LogP contribution < -0.4 is 5.73 Å². The van der Waals surface area contributed by atoms with Crippen molar-refractivity contribution >= 4 is 11.8 Å². The highest BCUT2D eigenvalue weighted by molar-refractivity contribution is 5.76. The van der Waals surface area contributed by atoms with Crippen LogP contribution >= 0.6 is 0 Å². The molecule has 0 bridgehead atoms. The van der Waals surface area contributed by atoms with E-state index in [1.54, 1.807) is 6.92 Å². The second-order valence-corrected chi connectivity index (χ2v) is 4.83. The zero-order valence-electron chi connectivity index (χ0n) is 11.1. The standard InChI is InChI=1S/C14H19N3O2/c1-11(18)16-7-8-17(10-14(15)19)13(9-16)12-5-3-2-4-6-12/h2-6,13H,7-10H2,1H3,(H2,15,19)/t13-/m0/s1. The Morgan fingerprint density at radius 1 is 1.26 bits per heavy atom. The van der Waals surface area contributed by atoms with Gasteiger partial charge in [-0.05, 0) is 5.56 Å². The highest BCUT2D eigenvalue weighted by Crippen LogP contribution is 2.24. The molecule has 1 saturated heterocycles. The molecular formula is C14H19N3O2. The summed E-state index contributed by atoms with van der Waals surface area (Å²) < 4.78 is 0. The minimum atomic E-state index is -0.336. The average molecular weight is 261 g/mol. The van der Waals surface area contributed by atoms with E-state index in [0.717, 1.165) is 5.56 Å². The van der Waals surface area contributed by atoms with Crippen molar-refractivity contribution in [1.82, 2.24) is 9.80 Å². The van der Waals surface area contributed by atoms with Gasteiger partial charge in [0.05, 0.1) is 12.6 Å². The second kappa shape index (κ2) is 5.84. The third kappa shape index (κ3) is 3.32. The molecule has 1 aromatic carbocycles. The van der Waals surface area contributed by atoms with Gasteiger partial charge in [-0.1, -0.05) is 30.3 Å². The van der Waals surface area contributed by atoms with Crippen molar-refractivity contribution in [2.75, 3.05) is 26.2 Å². The predicted octanol–water partition coefficient (Wildman–Crippen LogP) is 0.377. The van der Waals surface area contributed by atoms with Gasteiger partial charge in [-0.15, -0.1) is 0 Å². The predicted molar refractivity (Wildman–Crippen MR) is 72.2 cm³/mol. The van der Waals surface area contributed by atoms with Gasteiger partial charge in [0, 0.05) is 26.6 Å². The van der Waals surface area contributed by atoms with E-state index < -0.39 is 0 Å². The van der Waals surface area contributed by atoms with Gasteiger partial charge in [0.1, 0.15) is 0 Å². The third-order valence-corrected chi connectivity index (χ3v) is 3.48. The Morgan fingerprint density at radius 2 is 1.95 bits per heavy atom. The van der Waals surface area contributed by atoms with Crippen LogP contribution in [-0.2, 0) is 9.59 Å². The number of nitrogens with two attached hydrogens (primary N) is 1. The van der Waals surface area contributed by atoms with Gasteiger partial charge in [0.15, 0.2) is 0 Å². The summed E-state index contributed by atoms with van der Waals surface area (Å²) in [7, 11) is 0. The zero-order chi connectivity index (χ0) is 13.8. The summed E-state index contributed by atoms with van der Waals surface area (Å²) in [6.07, 6.45) is 0. The molecule has 1 aliphatic heterocycles. The van der Waals surface area contributed by atoms with Gasteiger partial charge in [-0.2, -0.15) is 0 Å². The van der Waals surface area contributed by atoms with Gasteiger partial charge < -0.3 is 10.6 Å². The lowest BCUT2D eigenvalue weighted by Crippen LogP contribution is -2.51. The van der Waals surface area contributed by atoms with Crippen LogP contribution in [0.3, 0.4) is 0 Å². The molecule has 2 amide bonds. The minimum Gasteiger partial charge on any atom is -0.369 e. The molecule has 0 saturated carbocycles. The fourth-order valence-corrected chi connectivity index (χ4v) is 2.49. The highest BCUT2D eigenvalue weighted by atomic mass is 16.2. The Balaban J connectivity index is 2.20. The van der Waals surface area contributed by atoms with Gasteiger partial charge >= 0.3 is 0 Å². The van der Waals surface area contributed by atoms with E-state index in [9.17, 15) is 9.59 Å². The number of hydrogen-bond donors (Lipinski definition) is 1. The number of carbonyl (C=O) groups is 2. The maximum Gasteiger partial charge on any atom is 0.231 e. The number of carbonyl (C=O) groups excluding carboxylic acids is 2. The summed E-state index contributed by atoms with van der Waals surface area (Å²) >= 11 is 0. The molecule has 0 aromatic heterocycles. The molecule has 5 nitrogen and oxygen atoms in total. The average Bonchev–Trinajstić information content (AvgIpc) is 2.39. The maximum atomic E-state index is 11.5. The molecule has 2 rings (SSSR count). The van der Waals surface area contributed by atoms with Crippen LogP contribution in [0.5, 0.6) is 0 Å². The second-order valence-electron chi connectivity index (χ2n) is 4.83. The number of amides is 2. The van der Waals surface area contributed by atoms with Crippen LogP contribution in [0.1, 0.15) is 18.5 Å². The van der Waals surface area contributed by atoms with E-state index in [1.165, 1.54) is 0 Å². The molecule has 1 aromatic rings. The molecule has 5 heteroatoms. The van der Waals surface area contributed by atoms with Gasteiger partial charge in [-0.3, -0.25) is 14.5 Å². The van der Waals surface area contributed by atoms with Gasteiger partial charge in [0.25, 0.3) is 0 Å². The zero-order valence-corrected chi connectivity index (χ0v) is 11.1. The maximum absolute atomic E-state index is 11.5. The lowest BCUT2D eigenvalue weighted by atomic mass is 10.0. The molecule has 1 atom stereocenters. The number of nitrogens with zero attached hydrogens (tertiary/aromatic N) is 2. The van der Waals surface area contributed by atoms with Crippen LogP contribution in [0.4, 0.5) is 0 Å². The summed E-state index contributed by atoms with van der Waals surface area (Å²) in [5, 5.41) is 0. The first-order valence-electron chi connectivity index (χ1n) is 6.40. The molecule has 0 aliphatic carbocycles. The largest absolute Gasteiger partial charge is 0.369 e. The Labute approximate surface area is 113 Å². The summed E-state index contributed by atoms with van der Waals surface area (Å²) in [5.74, 6) is -0.267. The number of primary amides is 1. The van der Waals surface area contributed by atoms with Crippen molar-refractivity contribution < 1.29 is 9.59 Å².